The van der Waals surface area contributed by atoms with Crippen LogP contribution in [-0.4, -0.2) is 47.7 Å². The fourth-order valence-electron chi connectivity index (χ4n) is 2.21. The van der Waals surface area contributed by atoms with Crippen molar-refractivity contribution in [3.63, 3.8) is 0 Å². The Kier molecular flexibility index (Phi) is 6.35. The average Bonchev–Trinajstić information content (AvgIpc) is 2.71. The zero-order chi connectivity index (χ0) is 16.3. The summed E-state index contributed by atoms with van der Waals surface area (Å²) in [5, 5.41) is 0.641. The van der Waals surface area contributed by atoms with Crippen LogP contribution in [0.15, 0.2) is 12.1 Å². The van der Waals surface area contributed by atoms with Gasteiger partial charge >= 0.3 is 0 Å². The lowest BCUT2D eigenvalue weighted by Gasteiger charge is -2.15. The fourth-order valence-corrected chi connectivity index (χ4v) is 4.39. The fraction of sp³-hybridized carbons (Fsp3) is 0.429. The van der Waals surface area contributed by atoms with Gasteiger partial charge in [-0.1, -0.05) is 47.2 Å². The Bertz CT molecular complexity index is 598. The van der Waals surface area contributed by atoms with Crippen LogP contribution in [0.4, 0.5) is 0 Å². The van der Waals surface area contributed by atoms with Crippen molar-refractivity contribution in [2.45, 2.75) is 11.7 Å². The molecule has 0 radical (unpaired) electrons. The van der Waals surface area contributed by atoms with Crippen LogP contribution < -0.4 is 4.74 Å². The Balaban J connectivity index is 2.18. The van der Waals surface area contributed by atoms with Gasteiger partial charge in [0.15, 0.2) is 0 Å². The lowest BCUT2D eigenvalue weighted by Crippen LogP contribution is -2.34. The molecule has 22 heavy (non-hydrogen) atoms. The summed E-state index contributed by atoms with van der Waals surface area (Å²) < 4.78 is 10.9. The standard InChI is InChI=1S/C14H15Cl2NO3S2/c1-19-4-3-17-13(18)11(22-14(17)21)6-8-5-9(15)7-10(16)12(8)20-2/h5,7,11H,3-4,6H2,1-2H3/t11-/m1/s1. The first-order chi connectivity index (χ1) is 10.5. The molecule has 0 aromatic heterocycles. The Morgan fingerprint density at radius 1 is 1.36 bits per heavy atom. The van der Waals surface area contributed by atoms with E-state index in [0.29, 0.717) is 39.7 Å². The van der Waals surface area contributed by atoms with Gasteiger partial charge in [0.1, 0.15) is 10.1 Å². The quantitative estimate of drug-likeness (QED) is 0.708. The van der Waals surface area contributed by atoms with Gasteiger partial charge in [-0.15, -0.1) is 0 Å². The van der Waals surface area contributed by atoms with Crippen LogP contribution in [-0.2, 0) is 16.0 Å². The number of hydrogen-bond acceptors (Lipinski definition) is 5. The molecule has 0 aliphatic carbocycles. The van der Waals surface area contributed by atoms with Crippen LogP contribution in [0.2, 0.25) is 10.0 Å². The van der Waals surface area contributed by atoms with Gasteiger partial charge in [0.2, 0.25) is 5.91 Å². The lowest BCUT2D eigenvalue weighted by atomic mass is 10.1. The third-order valence-corrected chi connectivity index (χ3v) is 5.30. The molecule has 1 aromatic rings. The molecule has 120 valence electrons. The van der Waals surface area contributed by atoms with Gasteiger partial charge < -0.3 is 9.47 Å². The number of thioether (sulfide) groups is 1. The van der Waals surface area contributed by atoms with Gasteiger partial charge in [0.05, 0.1) is 30.5 Å². The second-order valence-electron chi connectivity index (χ2n) is 4.64. The van der Waals surface area contributed by atoms with E-state index in [-0.39, 0.29) is 11.2 Å². The van der Waals surface area contributed by atoms with Gasteiger partial charge in [-0.25, -0.2) is 0 Å². The van der Waals surface area contributed by atoms with Crippen molar-refractivity contribution in [2.24, 2.45) is 0 Å². The molecule has 0 spiro atoms. The number of thiocarbonyl (C=S) groups is 1. The molecule has 1 saturated heterocycles. The second kappa shape index (κ2) is 7.84. The zero-order valence-electron chi connectivity index (χ0n) is 12.1. The van der Waals surface area contributed by atoms with Crippen LogP contribution in [0, 0.1) is 0 Å². The Labute approximate surface area is 149 Å². The van der Waals surface area contributed by atoms with Crippen molar-refractivity contribution in [1.82, 2.24) is 4.90 Å². The number of methoxy groups -OCH3 is 2. The van der Waals surface area contributed by atoms with Crippen LogP contribution in [0.25, 0.3) is 0 Å². The zero-order valence-corrected chi connectivity index (χ0v) is 15.2. The second-order valence-corrected chi connectivity index (χ2v) is 7.32. The first-order valence-electron chi connectivity index (χ1n) is 6.50. The molecule has 1 fully saturated rings. The predicted octanol–water partition coefficient (Wildman–Crippen LogP) is 3.42. The maximum Gasteiger partial charge on any atom is 0.242 e. The van der Waals surface area contributed by atoms with E-state index in [1.165, 1.54) is 18.9 Å². The Morgan fingerprint density at radius 2 is 2.09 bits per heavy atom. The molecule has 0 saturated carbocycles. The molecule has 4 nitrogen and oxygen atoms in total. The minimum absolute atomic E-state index is 0.0230. The van der Waals surface area contributed by atoms with Crippen LogP contribution in [0.1, 0.15) is 5.56 Å². The van der Waals surface area contributed by atoms with E-state index in [4.69, 9.17) is 44.9 Å². The van der Waals surface area contributed by atoms with Crippen molar-refractivity contribution in [1.29, 1.82) is 0 Å². The first kappa shape index (κ1) is 17.8. The van der Waals surface area contributed by atoms with E-state index in [1.54, 1.807) is 24.1 Å². The van der Waals surface area contributed by atoms with Gasteiger partial charge in [-0.3, -0.25) is 9.69 Å². The highest BCUT2D eigenvalue weighted by Gasteiger charge is 2.37. The molecular formula is C14H15Cl2NO3S2. The summed E-state index contributed by atoms with van der Waals surface area (Å²) in [6.07, 6.45) is 0.455. The highest BCUT2D eigenvalue weighted by molar-refractivity contribution is 8.24. The topological polar surface area (TPSA) is 38.8 Å². The van der Waals surface area contributed by atoms with Crippen LogP contribution >= 0.6 is 47.2 Å². The first-order valence-corrected chi connectivity index (χ1v) is 8.55. The Hall–Kier alpha value is -0.530. The summed E-state index contributed by atoms with van der Waals surface area (Å²) in [6, 6.07) is 3.38. The molecule has 2 rings (SSSR count). The van der Waals surface area contributed by atoms with E-state index in [0.717, 1.165) is 5.56 Å². The van der Waals surface area contributed by atoms with E-state index < -0.39 is 0 Å². The van der Waals surface area contributed by atoms with Crippen molar-refractivity contribution in [3.8, 4) is 5.75 Å². The number of ether oxygens (including phenoxy) is 2. The van der Waals surface area contributed by atoms with Crippen molar-refractivity contribution in [3.05, 3.63) is 27.7 Å². The molecule has 0 unspecified atom stereocenters. The van der Waals surface area contributed by atoms with E-state index in [1.807, 2.05) is 0 Å². The molecule has 1 aliphatic heterocycles. The molecular weight excluding hydrogens is 365 g/mol. The molecule has 1 atom stereocenters. The normalized spacial score (nSPS) is 18.2. The largest absolute Gasteiger partial charge is 0.495 e. The van der Waals surface area contributed by atoms with Crippen LogP contribution in [0.5, 0.6) is 5.75 Å². The van der Waals surface area contributed by atoms with E-state index in [2.05, 4.69) is 0 Å². The van der Waals surface area contributed by atoms with E-state index >= 15 is 0 Å². The van der Waals surface area contributed by atoms with Gasteiger partial charge in [-0.2, -0.15) is 0 Å². The molecule has 1 aromatic carbocycles. The van der Waals surface area contributed by atoms with Crippen LogP contribution in [0.3, 0.4) is 0 Å². The smallest absolute Gasteiger partial charge is 0.242 e. The van der Waals surface area contributed by atoms with Crippen molar-refractivity contribution < 1.29 is 14.3 Å². The summed E-state index contributed by atoms with van der Waals surface area (Å²) in [5.41, 5.74) is 0.794. The molecule has 0 bridgehead atoms. The number of carbonyl (C=O) groups is 1. The maximum absolute atomic E-state index is 12.5. The van der Waals surface area contributed by atoms with Gasteiger partial charge in [-0.05, 0) is 24.1 Å². The van der Waals surface area contributed by atoms with Crippen molar-refractivity contribution in [2.75, 3.05) is 27.4 Å². The Morgan fingerprint density at radius 3 is 2.73 bits per heavy atom. The number of hydrogen-bond donors (Lipinski definition) is 0. The average molecular weight is 380 g/mol. The number of carbonyl (C=O) groups excluding carboxylic acids is 1. The summed E-state index contributed by atoms with van der Waals surface area (Å²) >= 11 is 18.8. The number of amides is 1. The van der Waals surface area contributed by atoms with Gasteiger partial charge in [0, 0.05) is 12.1 Å². The molecule has 1 amide bonds. The molecule has 8 heteroatoms. The molecule has 1 heterocycles. The third-order valence-electron chi connectivity index (χ3n) is 3.22. The number of benzene rings is 1. The molecule has 0 N–H and O–H groups in total. The minimum Gasteiger partial charge on any atom is -0.495 e. The summed E-state index contributed by atoms with van der Waals surface area (Å²) in [7, 11) is 3.13. The van der Waals surface area contributed by atoms with E-state index in [9.17, 15) is 4.79 Å². The molecule has 1 aliphatic rings. The monoisotopic (exact) mass is 379 g/mol. The summed E-state index contributed by atoms with van der Waals surface area (Å²) in [4.78, 5) is 14.0. The summed E-state index contributed by atoms with van der Waals surface area (Å²) in [5.74, 6) is 0.519. The highest BCUT2D eigenvalue weighted by atomic mass is 35.5. The summed E-state index contributed by atoms with van der Waals surface area (Å²) in [6.45, 7) is 0.913. The van der Waals surface area contributed by atoms with Crippen molar-refractivity contribution >= 4 is 57.4 Å². The lowest BCUT2D eigenvalue weighted by molar-refractivity contribution is -0.126. The third kappa shape index (κ3) is 3.86. The number of rotatable bonds is 6. The van der Waals surface area contributed by atoms with Gasteiger partial charge in [0.25, 0.3) is 0 Å². The number of halogens is 2. The maximum atomic E-state index is 12.5. The predicted molar refractivity (Wildman–Crippen MR) is 94.3 cm³/mol. The highest BCUT2D eigenvalue weighted by Crippen LogP contribution is 2.36. The number of nitrogens with zero attached hydrogens (tertiary/aromatic N) is 1. The minimum atomic E-state index is -0.298. The SMILES string of the molecule is COCCN1C(=O)[C@@H](Cc2cc(Cl)cc(Cl)c2OC)SC1=S.